The third-order valence-corrected chi connectivity index (χ3v) is 7.43. The smallest absolute Gasteiger partial charge is 0.222 e. The summed E-state index contributed by atoms with van der Waals surface area (Å²) in [5, 5.41) is 0. The first-order valence-corrected chi connectivity index (χ1v) is 9.55. The summed E-state index contributed by atoms with van der Waals surface area (Å²) in [5.74, 6) is 0.854. The molecule has 0 aromatic heterocycles. The zero-order chi connectivity index (χ0) is 15.7. The molecule has 21 heavy (non-hydrogen) atoms. The van der Waals surface area contributed by atoms with E-state index in [9.17, 15) is 13.2 Å². The maximum Gasteiger partial charge on any atom is 0.222 e. The van der Waals surface area contributed by atoms with E-state index in [1.54, 1.807) is 4.90 Å². The molecular formula is C15H27NO4S. The molecule has 2 aliphatic heterocycles. The van der Waals surface area contributed by atoms with E-state index in [2.05, 4.69) is 13.8 Å². The number of carbonyl (C=O) groups is 1. The average Bonchev–Trinajstić information content (AvgIpc) is 2.62. The van der Waals surface area contributed by atoms with Crippen molar-refractivity contribution in [2.24, 2.45) is 11.8 Å². The molecule has 2 fully saturated rings. The lowest BCUT2D eigenvalue weighted by molar-refractivity contribution is -0.138. The van der Waals surface area contributed by atoms with Crippen LogP contribution in [0.3, 0.4) is 0 Å². The van der Waals surface area contributed by atoms with Crippen molar-refractivity contribution in [1.82, 2.24) is 4.90 Å². The van der Waals surface area contributed by atoms with E-state index in [0.717, 1.165) is 6.42 Å². The molecule has 2 aliphatic rings. The molecule has 122 valence electrons. The van der Waals surface area contributed by atoms with Gasteiger partial charge < -0.3 is 9.64 Å². The van der Waals surface area contributed by atoms with Gasteiger partial charge in [0.05, 0.1) is 12.4 Å². The van der Waals surface area contributed by atoms with Crippen LogP contribution in [0.5, 0.6) is 0 Å². The number of ether oxygens (including phenoxy) is 1. The van der Waals surface area contributed by atoms with Crippen molar-refractivity contribution in [3.63, 3.8) is 0 Å². The van der Waals surface area contributed by atoms with Gasteiger partial charge in [0.15, 0.2) is 9.84 Å². The SMILES string of the molecule is CCOC[C@@H]1CCS(=O)(=O)C12CN(C(=O)CCC(C)C)C2. The highest BCUT2D eigenvalue weighted by molar-refractivity contribution is 7.93. The Bertz CT molecular complexity index is 480. The van der Waals surface area contributed by atoms with Gasteiger partial charge in [0, 0.05) is 32.0 Å². The number of carbonyl (C=O) groups excluding carboxylic acids is 1. The summed E-state index contributed by atoms with van der Waals surface area (Å²) >= 11 is 0. The molecule has 0 saturated carbocycles. The van der Waals surface area contributed by atoms with Crippen LogP contribution in [-0.4, -0.2) is 56.0 Å². The third kappa shape index (κ3) is 3.11. The minimum absolute atomic E-state index is 0.0385. The third-order valence-electron chi connectivity index (χ3n) is 4.83. The van der Waals surface area contributed by atoms with E-state index in [-0.39, 0.29) is 17.6 Å². The monoisotopic (exact) mass is 317 g/mol. The highest BCUT2D eigenvalue weighted by Gasteiger charge is 2.62. The minimum Gasteiger partial charge on any atom is -0.381 e. The molecule has 0 aromatic carbocycles. The Morgan fingerprint density at radius 3 is 2.62 bits per heavy atom. The van der Waals surface area contributed by atoms with Gasteiger partial charge in [-0.05, 0) is 25.7 Å². The normalized spacial score (nSPS) is 26.3. The van der Waals surface area contributed by atoms with Gasteiger partial charge in [-0.1, -0.05) is 13.8 Å². The Labute approximate surface area is 127 Å². The predicted octanol–water partition coefficient (Wildman–Crippen LogP) is 1.47. The molecule has 1 amide bonds. The van der Waals surface area contributed by atoms with Gasteiger partial charge in [-0.25, -0.2) is 8.42 Å². The summed E-state index contributed by atoms with van der Waals surface area (Å²) < 4.78 is 29.5. The lowest BCUT2D eigenvalue weighted by atomic mass is 9.83. The second kappa shape index (κ2) is 6.24. The summed E-state index contributed by atoms with van der Waals surface area (Å²) in [4.78, 5) is 13.8. The molecule has 0 aromatic rings. The number of sulfone groups is 1. The van der Waals surface area contributed by atoms with Crippen molar-refractivity contribution in [2.75, 3.05) is 32.1 Å². The van der Waals surface area contributed by atoms with Gasteiger partial charge in [-0.3, -0.25) is 4.79 Å². The number of hydrogen-bond donors (Lipinski definition) is 0. The van der Waals surface area contributed by atoms with Gasteiger partial charge in [0.25, 0.3) is 0 Å². The lowest BCUT2D eigenvalue weighted by Gasteiger charge is -2.50. The summed E-state index contributed by atoms with van der Waals surface area (Å²) in [6.45, 7) is 7.91. The largest absolute Gasteiger partial charge is 0.381 e. The summed E-state index contributed by atoms with van der Waals surface area (Å²) in [6.07, 6.45) is 2.04. The first-order valence-electron chi connectivity index (χ1n) is 7.90. The number of nitrogens with zero attached hydrogens (tertiary/aromatic N) is 1. The van der Waals surface area contributed by atoms with Crippen LogP contribution in [0.25, 0.3) is 0 Å². The molecule has 2 heterocycles. The fraction of sp³-hybridized carbons (Fsp3) is 0.933. The molecule has 0 aliphatic carbocycles. The van der Waals surface area contributed by atoms with Crippen molar-refractivity contribution >= 4 is 15.7 Å². The Hall–Kier alpha value is -0.620. The topological polar surface area (TPSA) is 63.7 Å². The Kier molecular flexibility index (Phi) is 4.98. The van der Waals surface area contributed by atoms with Crippen molar-refractivity contribution in [2.45, 2.75) is 44.8 Å². The minimum atomic E-state index is -3.10. The lowest BCUT2D eigenvalue weighted by Crippen LogP contribution is -2.68. The second-order valence-corrected chi connectivity index (χ2v) is 9.16. The van der Waals surface area contributed by atoms with Crippen molar-refractivity contribution in [3.8, 4) is 0 Å². The molecular weight excluding hydrogens is 290 g/mol. The molecule has 6 heteroatoms. The molecule has 1 atom stereocenters. The first-order chi connectivity index (χ1) is 9.82. The van der Waals surface area contributed by atoms with Crippen LogP contribution in [0.2, 0.25) is 0 Å². The number of hydrogen-bond acceptors (Lipinski definition) is 4. The van der Waals surface area contributed by atoms with Crippen LogP contribution < -0.4 is 0 Å². The maximum absolute atomic E-state index is 12.4. The molecule has 0 bridgehead atoms. The molecule has 5 nitrogen and oxygen atoms in total. The number of likely N-dealkylation sites (tertiary alicyclic amines) is 1. The van der Waals surface area contributed by atoms with E-state index in [4.69, 9.17) is 4.74 Å². The fourth-order valence-electron chi connectivity index (χ4n) is 3.31. The van der Waals surface area contributed by atoms with Gasteiger partial charge >= 0.3 is 0 Å². The molecule has 2 rings (SSSR count). The average molecular weight is 317 g/mol. The van der Waals surface area contributed by atoms with Crippen LogP contribution in [-0.2, 0) is 19.4 Å². The van der Waals surface area contributed by atoms with E-state index >= 15 is 0 Å². The maximum atomic E-state index is 12.4. The standard InChI is InChI=1S/C15H27NO4S/c1-4-20-9-13-7-8-21(18,19)15(13)10-16(11-15)14(17)6-5-12(2)3/h12-13H,4-11H2,1-3H3/t13-/m0/s1. The zero-order valence-corrected chi connectivity index (χ0v) is 14.1. The van der Waals surface area contributed by atoms with Crippen LogP contribution in [0.1, 0.15) is 40.0 Å². The molecule has 0 radical (unpaired) electrons. The Morgan fingerprint density at radius 1 is 1.38 bits per heavy atom. The molecule has 0 N–H and O–H groups in total. The highest BCUT2D eigenvalue weighted by atomic mass is 32.2. The molecule has 0 unspecified atom stereocenters. The van der Waals surface area contributed by atoms with E-state index in [1.165, 1.54) is 0 Å². The molecule has 1 spiro atoms. The number of rotatable bonds is 6. The predicted molar refractivity (Wildman–Crippen MR) is 81.8 cm³/mol. The van der Waals surface area contributed by atoms with Crippen LogP contribution in [0, 0.1) is 11.8 Å². The van der Waals surface area contributed by atoms with Crippen LogP contribution in [0.4, 0.5) is 0 Å². The molecule has 2 saturated heterocycles. The Morgan fingerprint density at radius 2 is 2.05 bits per heavy atom. The zero-order valence-electron chi connectivity index (χ0n) is 13.3. The van der Waals surface area contributed by atoms with Gasteiger partial charge in [0.2, 0.25) is 5.91 Å². The van der Waals surface area contributed by atoms with Crippen molar-refractivity contribution in [3.05, 3.63) is 0 Å². The highest BCUT2D eigenvalue weighted by Crippen LogP contribution is 2.45. The second-order valence-electron chi connectivity index (χ2n) is 6.71. The van der Waals surface area contributed by atoms with Crippen LogP contribution >= 0.6 is 0 Å². The van der Waals surface area contributed by atoms with Gasteiger partial charge in [0.1, 0.15) is 4.75 Å². The fourth-order valence-corrected chi connectivity index (χ4v) is 5.71. The van der Waals surface area contributed by atoms with E-state index in [1.807, 2.05) is 6.92 Å². The van der Waals surface area contributed by atoms with Crippen molar-refractivity contribution in [1.29, 1.82) is 0 Å². The summed E-state index contributed by atoms with van der Waals surface area (Å²) in [6, 6.07) is 0. The van der Waals surface area contributed by atoms with Gasteiger partial charge in [-0.15, -0.1) is 0 Å². The van der Waals surface area contributed by atoms with E-state index in [0.29, 0.717) is 45.1 Å². The first kappa shape index (κ1) is 16.7. The quantitative estimate of drug-likeness (QED) is 0.744. The van der Waals surface area contributed by atoms with E-state index < -0.39 is 14.6 Å². The summed E-state index contributed by atoms with van der Waals surface area (Å²) in [5.41, 5.74) is 0. The number of amides is 1. The van der Waals surface area contributed by atoms with Crippen LogP contribution in [0.15, 0.2) is 0 Å². The van der Waals surface area contributed by atoms with Crippen molar-refractivity contribution < 1.29 is 17.9 Å². The Balaban J connectivity index is 1.98. The summed E-state index contributed by atoms with van der Waals surface area (Å²) in [7, 11) is -3.10. The van der Waals surface area contributed by atoms with Gasteiger partial charge in [-0.2, -0.15) is 0 Å².